The molecule has 2 nitrogen and oxygen atoms in total. The van der Waals surface area contributed by atoms with Crippen molar-refractivity contribution in [2.75, 3.05) is 18.1 Å². The fourth-order valence-corrected chi connectivity index (χ4v) is 1.86. The summed E-state index contributed by atoms with van der Waals surface area (Å²) < 4.78 is 0. The van der Waals surface area contributed by atoms with Crippen LogP contribution in [0, 0.1) is 6.92 Å². The van der Waals surface area contributed by atoms with Crippen molar-refractivity contribution >= 4 is 34.7 Å². The highest BCUT2D eigenvalue weighted by Crippen LogP contribution is 2.21. The second-order valence-corrected chi connectivity index (χ2v) is 5.50. The minimum Gasteiger partial charge on any atom is -0.389 e. The SMILES string of the molecule is CSC(C)CNc1c(C)cccc1C(N)=S. The average molecular weight is 254 g/mol. The predicted octanol–water partition coefficient (Wildman–Crippen LogP) is 2.79. The number of hydrogen-bond acceptors (Lipinski definition) is 3. The van der Waals surface area contributed by atoms with Crippen molar-refractivity contribution in [2.24, 2.45) is 5.73 Å². The molecule has 1 atom stereocenters. The van der Waals surface area contributed by atoms with Crippen molar-refractivity contribution in [3.8, 4) is 0 Å². The molecule has 0 fully saturated rings. The Labute approximate surface area is 107 Å². The molecule has 0 amide bonds. The molecule has 1 rings (SSSR count). The van der Waals surface area contributed by atoms with Crippen molar-refractivity contribution in [1.29, 1.82) is 0 Å². The highest BCUT2D eigenvalue weighted by Gasteiger charge is 2.08. The molecule has 0 saturated carbocycles. The fourth-order valence-electron chi connectivity index (χ4n) is 1.44. The summed E-state index contributed by atoms with van der Waals surface area (Å²) in [6, 6.07) is 6.00. The van der Waals surface area contributed by atoms with Crippen LogP contribution in [0.3, 0.4) is 0 Å². The number of benzene rings is 1. The predicted molar refractivity (Wildman–Crippen MR) is 78.5 cm³/mol. The van der Waals surface area contributed by atoms with Gasteiger partial charge in [0.2, 0.25) is 0 Å². The van der Waals surface area contributed by atoms with Crippen molar-refractivity contribution in [1.82, 2.24) is 0 Å². The van der Waals surface area contributed by atoms with Crippen LogP contribution in [0.15, 0.2) is 18.2 Å². The van der Waals surface area contributed by atoms with Crippen LogP contribution >= 0.6 is 24.0 Å². The van der Waals surface area contributed by atoms with Gasteiger partial charge >= 0.3 is 0 Å². The Balaban J connectivity index is 2.88. The Bertz CT molecular complexity index is 377. The summed E-state index contributed by atoms with van der Waals surface area (Å²) in [6.45, 7) is 5.17. The number of thiocarbonyl (C=S) groups is 1. The van der Waals surface area contributed by atoms with Crippen molar-refractivity contribution in [3.05, 3.63) is 29.3 Å². The number of rotatable bonds is 5. The normalized spacial score (nSPS) is 12.2. The molecule has 0 bridgehead atoms. The van der Waals surface area contributed by atoms with E-state index in [9.17, 15) is 0 Å². The Morgan fingerprint density at radius 2 is 2.25 bits per heavy atom. The van der Waals surface area contributed by atoms with Gasteiger partial charge in [0.15, 0.2) is 0 Å². The monoisotopic (exact) mass is 254 g/mol. The lowest BCUT2D eigenvalue weighted by Crippen LogP contribution is -2.18. The maximum atomic E-state index is 5.71. The number of nitrogens with two attached hydrogens (primary N) is 1. The first-order chi connectivity index (χ1) is 7.56. The van der Waals surface area contributed by atoms with Crippen molar-refractivity contribution in [3.63, 3.8) is 0 Å². The van der Waals surface area contributed by atoms with Crippen LogP contribution in [0.2, 0.25) is 0 Å². The molecule has 0 aromatic heterocycles. The summed E-state index contributed by atoms with van der Waals surface area (Å²) >= 11 is 6.89. The third-order valence-corrected chi connectivity index (χ3v) is 3.70. The molecule has 0 aliphatic heterocycles. The van der Waals surface area contributed by atoms with E-state index in [1.54, 1.807) is 0 Å². The summed E-state index contributed by atoms with van der Waals surface area (Å²) in [5.74, 6) is 0. The van der Waals surface area contributed by atoms with E-state index in [4.69, 9.17) is 18.0 Å². The van der Waals surface area contributed by atoms with Gasteiger partial charge < -0.3 is 11.1 Å². The number of nitrogens with one attached hydrogen (secondary N) is 1. The highest BCUT2D eigenvalue weighted by molar-refractivity contribution is 7.99. The quantitative estimate of drug-likeness (QED) is 0.793. The van der Waals surface area contributed by atoms with E-state index >= 15 is 0 Å². The molecule has 88 valence electrons. The van der Waals surface area contributed by atoms with Gasteiger partial charge in [-0.05, 0) is 24.8 Å². The van der Waals surface area contributed by atoms with Gasteiger partial charge in [-0.1, -0.05) is 31.3 Å². The zero-order valence-corrected chi connectivity index (χ0v) is 11.5. The second kappa shape index (κ2) is 6.11. The van der Waals surface area contributed by atoms with Gasteiger partial charge in [0.25, 0.3) is 0 Å². The zero-order chi connectivity index (χ0) is 12.1. The lowest BCUT2D eigenvalue weighted by atomic mass is 10.1. The maximum absolute atomic E-state index is 5.71. The molecule has 0 aliphatic carbocycles. The summed E-state index contributed by atoms with van der Waals surface area (Å²) in [4.78, 5) is 0.447. The Morgan fingerprint density at radius 1 is 1.56 bits per heavy atom. The third-order valence-electron chi connectivity index (χ3n) is 2.51. The van der Waals surface area contributed by atoms with Crippen LogP contribution in [-0.4, -0.2) is 23.0 Å². The van der Waals surface area contributed by atoms with Crippen LogP contribution in [0.1, 0.15) is 18.1 Å². The van der Waals surface area contributed by atoms with E-state index in [1.165, 1.54) is 5.56 Å². The Morgan fingerprint density at radius 3 is 2.81 bits per heavy atom. The van der Waals surface area contributed by atoms with Crippen molar-refractivity contribution < 1.29 is 0 Å². The van der Waals surface area contributed by atoms with E-state index in [0.29, 0.717) is 10.2 Å². The molecule has 4 heteroatoms. The van der Waals surface area contributed by atoms with E-state index in [2.05, 4.69) is 31.5 Å². The first kappa shape index (κ1) is 13.3. The fraction of sp³-hybridized carbons (Fsp3) is 0.417. The van der Waals surface area contributed by atoms with Gasteiger partial charge in [-0.3, -0.25) is 0 Å². The summed E-state index contributed by atoms with van der Waals surface area (Å²) in [7, 11) is 0. The molecule has 0 aliphatic rings. The number of hydrogen-bond donors (Lipinski definition) is 2. The van der Waals surface area contributed by atoms with Gasteiger partial charge in [-0.25, -0.2) is 0 Å². The van der Waals surface area contributed by atoms with Gasteiger partial charge in [0.05, 0.1) is 0 Å². The third kappa shape index (κ3) is 3.39. The standard InChI is InChI=1S/C12H18N2S2/c1-8-5-4-6-10(12(13)15)11(8)14-7-9(2)16-3/h4-6,9,14H,7H2,1-3H3,(H2,13,15). The topological polar surface area (TPSA) is 38.0 Å². The van der Waals surface area contributed by atoms with E-state index in [-0.39, 0.29) is 0 Å². The molecular formula is C12H18N2S2. The molecule has 3 N–H and O–H groups in total. The van der Waals surface area contributed by atoms with Gasteiger partial charge in [0.1, 0.15) is 4.99 Å². The summed E-state index contributed by atoms with van der Waals surface area (Å²) in [5.41, 5.74) is 8.89. The summed E-state index contributed by atoms with van der Waals surface area (Å²) in [6.07, 6.45) is 2.11. The second-order valence-electron chi connectivity index (χ2n) is 3.79. The van der Waals surface area contributed by atoms with Crippen LogP contribution in [0.5, 0.6) is 0 Å². The van der Waals surface area contributed by atoms with Crippen LogP contribution < -0.4 is 11.1 Å². The van der Waals surface area contributed by atoms with E-state index in [1.807, 2.05) is 23.9 Å². The number of aryl methyl sites for hydroxylation is 1. The first-order valence-corrected chi connectivity index (χ1v) is 6.92. The van der Waals surface area contributed by atoms with Crippen molar-refractivity contribution in [2.45, 2.75) is 19.1 Å². The zero-order valence-electron chi connectivity index (χ0n) is 9.91. The Hall–Kier alpha value is -0.740. The van der Waals surface area contributed by atoms with Crippen LogP contribution in [-0.2, 0) is 0 Å². The molecule has 0 spiro atoms. The maximum Gasteiger partial charge on any atom is 0.106 e. The molecule has 0 saturated heterocycles. The minimum atomic E-state index is 0.447. The molecule has 0 heterocycles. The van der Waals surface area contributed by atoms with E-state index in [0.717, 1.165) is 17.8 Å². The van der Waals surface area contributed by atoms with Crippen LogP contribution in [0.25, 0.3) is 0 Å². The molecule has 1 aromatic carbocycles. The number of thioether (sulfide) groups is 1. The molecule has 0 radical (unpaired) electrons. The molecule has 1 aromatic rings. The number of para-hydroxylation sites is 1. The van der Waals surface area contributed by atoms with Gasteiger partial charge in [0, 0.05) is 23.0 Å². The Kier molecular flexibility index (Phi) is 5.09. The molecule has 1 unspecified atom stereocenters. The van der Waals surface area contributed by atoms with Gasteiger partial charge in [-0.2, -0.15) is 11.8 Å². The highest BCUT2D eigenvalue weighted by atomic mass is 32.2. The number of anilines is 1. The minimum absolute atomic E-state index is 0.447. The van der Waals surface area contributed by atoms with E-state index < -0.39 is 0 Å². The lowest BCUT2D eigenvalue weighted by Gasteiger charge is -2.16. The largest absolute Gasteiger partial charge is 0.389 e. The lowest BCUT2D eigenvalue weighted by molar-refractivity contribution is 1.00. The molecular weight excluding hydrogens is 236 g/mol. The summed E-state index contributed by atoms with van der Waals surface area (Å²) in [5, 5.41) is 3.99. The first-order valence-electron chi connectivity index (χ1n) is 5.22. The smallest absolute Gasteiger partial charge is 0.106 e. The average Bonchev–Trinajstić information content (AvgIpc) is 2.26. The van der Waals surface area contributed by atoms with Gasteiger partial charge in [-0.15, -0.1) is 0 Å². The molecule has 16 heavy (non-hydrogen) atoms. The van der Waals surface area contributed by atoms with Crippen LogP contribution in [0.4, 0.5) is 5.69 Å².